The van der Waals surface area contributed by atoms with Gasteiger partial charge in [-0.25, -0.2) is 0 Å². The van der Waals surface area contributed by atoms with Gasteiger partial charge in [0.25, 0.3) is 0 Å². The van der Waals surface area contributed by atoms with Crippen molar-refractivity contribution < 1.29 is 5.11 Å². The summed E-state index contributed by atoms with van der Waals surface area (Å²) < 4.78 is 0. The molecule has 2 N–H and O–H groups in total. The molecule has 2 nitrogen and oxygen atoms in total. The molecular formula is C18H19NO. The summed E-state index contributed by atoms with van der Waals surface area (Å²) in [6.07, 6.45) is 5.88. The Kier molecular flexibility index (Phi) is 1.88. The molecule has 1 saturated carbocycles. The van der Waals surface area contributed by atoms with Crippen LogP contribution in [0.2, 0.25) is 0 Å². The van der Waals surface area contributed by atoms with Crippen LogP contribution < -0.4 is 0 Å². The number of hydrogen-bond acceptors (Lipinski definition) is 1. The molecule has 3 aliphatic carbocycles. The highest BCUT2D eigenvalue weighted by molar-refractivity contribution is 5.86. The van der Waals surface area contributed by atoms with Gasteiger partial charge in [-0.1, -0.05) is 29.8 Å². The SMILES string of the molecule is CC1=C[C@H]2c3c([nH]c4ccccc34)[C@@H](O)[C@H]2C2(CC2)C1. The van der Waals surface area contributed by atoms with Gasteiger partial charge in [0.1, 0.15) is 0 Å². The second kappa shape index (κ2) is 3.37. The molecule has 20 heavy (non-hydrogen) atoms. The van der Waals surface area contributed by atoms with Crippen molar-refractivity contribution in [2.75, 3.05) is 0 Å². The lowest BCUT2D eigenvalue weighted by atomic mass is 9.70. The maximum Gasteiger partial charge on any atom is 0.0983 e. The quantitative estimate of drug-likeness (QED) is 0.693. The molecule has 0 radical (unpaired) electrons. The summed E-state index contributed by atoms with van der Waals surface area (Å²) in [7, 11) is 0. The zero-order valence-electron chi connectivity index (χ0n) is 11.7. The Hall–Kier alpha value is -1.54. The lowest BCUT2D eigenvalue weighted by Gasteiger charge is -2.35. The molecule has 1 spiro atoms. The highest BCUT2D eigenvalue weighted by Gasteiger charge is 2.59. The number of para-hydroxylation sites is 1. The van der Waals surface area contributed by atoms with Gasteiger partial charge in [-0.15, -0.1) is 0 Å². The maximum atomic E-state index is 10.9. The molecule has 5 rings (SSSR count). The van der Waals surface area contributed by atoms with Crippen molar-refractivity contribution >= 4 is 10.9 Å². The minimum Gasteiger partial charge on any atom is -0.387 e. The zero-order chi connectivity index (χ0) is 13.5. The summed E-state index contributed by atoms with van der Waals surface area (Å²) in [6.45, 7) is 2.26. The van der Waals surface area contributed by atoms with Crippen LogP contribution >= 0.6 is 0 Å². The second-order valence-electron chi connectivity index (χ2n) is 7.05. The first-order chi connectivity index (χ1) is 9.70. The number of fused-ring (bicyclic) bond motifs is 6. The number of hydrogen-bond donors (Lipinski definition) is 2. The summed E-state index contributed by atoms with van der Waals surface area (Å²) in [5, 5.41) is 12.2. The van der Waals surface area contributed by atoms with Gasteiger partial charge in [-0.3, -0.25) is 0 Å². The fourth-order valence-corrected chi connectivity index (χ4v) is 4.94. The number of aromatic amines is 1. The summed E-state index contributed by atoms with van der Waals surface area (Å²) >= 11 is 0. The molecule has 0 aliphatic heterocycles. The highest BCUT2D eigenvalue weighted by atomic mass is 16.3. The van der Waals surface area contributed by atoms with Crippen molar-refractivity contribution in [3.05, 3.63) is 47.2 Å². The van der Waals surface area contributed by atoms with E-state index in [1.165, 1.54) is 35.8 Å². The molecule has 1 fully saturated rings. The summed E-state index contributed by atoms with van der Waals surface area (Å²) in [5.41, 5.74) is 5.51. The summed E-state index contributed by atoms with van der Waals surface area (Å²) in [5.74, 6) is 0.810. The number of aliphatic hydroxyl groups excluding tert-OH is 1. The molecule has 0 bridgehead atoms. The third-order valence-electron chi connectivity index (χ3n) is 5.83. The van der Waals surface area contributed by atoms with E-state index in [0.717, 1.165) is 11.2 Å². The summed E-state index contributed by atoms with van der Waals surface area (Å²) in [4.78, 5) is 3.48. The Balaban J connectivity index is 1.79. The van der Waals surface area contributed by atoms with Gasteiger partial charge in [0.2, 0.25) is 0 Å². The highest BCUT2D eigenvalue weighted by Crippen LogP contribution is 2.69. The number of rotatable bonds is 0. The van der Waals surface area contributed by atoms with Gasteiger partial charge in [0.15, 0.2) is 0 Å². The van der Waals surface area contributed by atoms with E-state index in [9.17, 15) is 5.11 Å². The van der Waals surface area contributed by atoms with Crippen LogP contribution in [-0.4, -0.2) is 10.1 Å². The second-order valence-corrected chi connectivity index (χ2v) is 7.05. The number of allylic oxidation sites excluding steroid dienone is 2. The lowest BCUT2D eigenvalue weighted by molar-refractivity contribution is 0.0619. The van der Waals surface area contributed by atoms with E-state index in [1.54, 1.807) is 0 Å². The van der Waals surface area contributed by atoms with Crippen molar-refractivity contribution in [3.8, 4) is 0 Å². The van der Waals surface area contributed by atoms with Crippen molar-refractivity contribution in [3.63, 3.8) is 0 Å². The Morgan fingerprint density at radius 3 is 2.85 bits per heavy atom. The zero-order valence-corrected chi connectivity index (χ0v) is 11.7. The first-order valence-electron chi connectivity index (χ1n) is 7.65. The molecule has 0 saturated heterocycles. The van der Waals surface area contributed by atoms with E-state index in [4.69, 9.17) is 0 Å². The third-order valence-corrected chi connectivity index (χ3v) is 5.83. The molecule has 1 aromatic carbocycles. The van der Waals surface area contributed by atoms with Crippen LogP contribution in [0.5, 0.6) is 0 Å². The summed E-state index contributed by atoms with van der Waals surface area (Å²) in [6, 6.07) is 8.46. The average molecular weight is 265 g/mol. The van der Waals surface area contributed by atoms with Crippen LogP contribution in [0.15, 0.2) is 35.9 Å². The molecule has 2 aromatic rings. The van der Waals surface area contributed by atoms with Crippen LogP contribution in [-0.2, 0) is 0 Å². The average Bonchev–Trinajstić information content (AvgIpc) is 2.98. The predicted octanol–water partition coefficient (Wildman–Crippen LogP) is 4.04. The first kappa shape index (κ1) is 11.2. The van der Waals surface area contributed by atoms with E-state index in [0.29, 0.717) is 17.3 Å². The van der Waals surface area contributed by atoms with Gasteiger partial charge in [0.05, 0.1) is 6.10 Å². The van der Waals surface area contributed by atoms with Crippen LogP contribution in [0.1, 0.15) is 49.5 Å². The molecule has 1 heterocycles. The number of nitrogens with one attached hydrogen (secondary N) is 1. The Bertz CT molecular complexity index is 750. The Labute approximate surface area is 118 Å². The smallest absolute Gasteiger partial charge is 0.0983 e. The molecule has 0 unspecified atom stereocenters. The number of benzene rings is 1. The van der Waals surface area contributed by atoms with Crippen LogP contribution in [0.25, 0.3) is 10.9 Å². The number of aliphatic hydroxyl groups is 1. The minimum atomic E-state index is -0.311. The molecule has 3 aliphatic rings. The molecule has 2 heteroatoms. The fourth-order valence-electron chi connectivity index (χ4n) is 4.94. The van der Waals surface area contributed by atoms with Crippen LogP contribution in [0, 0.1) is 11.3 Å². The first-order valence-corrected chi connectivity index (χ1v) is 7.65. The topological polar surface area (TPSA) is 36.0 Å². The van der Waals surface area contributed by atoms with E-state index in [-0.39, 0.29) is 6.10 Å². The van der Waals surface area contributed by atoms with Gasteiger partial charge >= 0.3 is 0 Å². The van der Waals surface area contributed by atoms with Crippen molar-refractivity contribution in [1.82, 2.24) is 4.98 Å². The Morgan fingerprint density at radius 2 is 2.05 bits per heavy atom. The minimum absolute atomic E-state index is 0.311. The third kappa shape index (κ3) is 1.19. The molecule has 0 amide bonds. The van der Waals surface area contributed by atoms with E-state index >= 15 is 0 Å². The van der Waals surface area contributed by atoms with Gasteiger partial charge in [0, 0.05) is 28.4 Å². The number of aromatic nitrogens is 1. The molecule has 102 valence electrons. The van der Waals surface area contributed by atoms with Gasteiger partial charge in [-0.2, -0.15) is 0 Å². The predicted molar refractivity (Wildman–Crippen MR) is 79.5 cm³/mol. The van der Waals surface area contributed by atoms with Crippen LogP contribution in [0.3, 0.4) is 0 Å². The van der Waals surface area contributed by atoms with Crippen molar-refractivity contribution in [2.45, 2.75) is 38.2 Å². The lowest BCUT2D eigenvalue weighted by Crippen LogP contribution is -2.27. The maximum absolute atomic E-state index is 10.9. The molecule has 3 atom stereocenters. The fraction of sp³-hybridized carbons (Fsp3) is 0.444. The largest absolute Gasteiger partial charge is 0.387 e. The monoisotopic (exact) mass is 265 g/mol. The van der Waals surface area contributed by atoms with Gasteiger partial charge < -0.3 is 10.1 Å². The van der Waals surface area contributed by atoms with E-state index < -0.39 is 0 Å². The van der Waals surface area contributed by atoms with E-state index in [1.807, 2.05) is 0 Å². The molecule has 1 aromatic heterocycles. The van der Waals surface area contributed by atoms with Gasteiger partial charge in [-0.05, 0) is 43.2 Å². The van der Waals surface area contributed by atoms with Crippen molar-refractivity contribution in [2.24, 2.45) is 11.3 Å². The number of H-pyrrole nitrogens is 1. The standard InChI is InChI=1S/C18H19NO/c1-10-8-12-14-11-4-2-3-5-13(11)19-16(14)17(20)15(12)18(9-10)6-7-18/h2-5,8,12,15,17,19-20H,6-7,9H2,1H3/t12-,15-,17-/m0/s1. The Morgan fingerprint density at radius 1 is 1.25 bits per heavy atom. The molecular weight excluding hydrogens is 246 g/mol. The van der Waals surface area contributed by atoms with Crippen LogP contribution in [0.4, 0.5) is 0 Å². The normalized spacial score (nSPS) is 33.1. The van der Waals surface area contributed by atoms with Crippen molar-refractivity contribution in [1.29, 1.82) is 0 Å². The van der Waals surface area contributed by atoms with E-state index in [2.05, 4.69) is 42.2 Å².